The van der Waals surface area contributed by atoms with Crippen LogP contribution in [0.2, 0.25) is 0 Å². The summed E-state index contributed by atoms with van der Waals surface area (Å²) in [5.74, 6) is 0.0612. The van der Waals surface area contributed by atoms with E-state index in [4.69, 9.17) is 10.00 Å². The molecule has 0 amide bonds. The number of rotatable bonds is 4. The summed E-state index contributed by atoms with van der Waals surface area (Å²) in [5.41, 5.74) is 1.68. The number of methoxy groups -OCH3 is 1. The fourth-order valence-electron chi connectivity index (χ4n) is 1.62. The lowest BCUT2D eigenvalue weighted by Crippen LogP contribution is -2.09. The average Bonchev–Trinajstić information content (AvgIpc) is 2.30. The highest BCUT2D eigenvalue weighted by Gasteiger charge is 2.18. The highest BCUT2D eigenvalue weighted by molar-refractivity contribution is 5.88. The fourth-order valence-corrected chi connectivity index (χ4v) is 1.62. The summed E-state index contributed by atoms with van der Waals surface area (Å²) < 4.78 is 5.13. The number of carbonyl (C=O) groups excluding carboxylic acids is 1. The highest BCUT2D eigenvalue weighted by Crippen LogP contribution is 2.24. The third-order valence-electron chi connectivity index (χ3n) is 2.55. The molecule has 0 aliphatic rings. The van der Waals surface area contributed by atoms with Gasteiger partial charge in [0.05, 0.1) is 13.2 Å². The molecule has 1 rings (SSSR count). The van der Waals surface area contributed by atoms with Crippen molar-refractivity contribution in [3.8, 4) is 11.8 Å². The van der Waals surface area contributed by atoms with Crippen molar-refractivity contribution < 1.29 is 9.53 Å². The summed E-state index contributed by atoms with van der Waals surface area (Å²) in [6, 6.07) is 7.44. The molecule has 0 bridgehead atoms. The molecular formula is C13H15NO2. The maximum atomic E-state index is 11.6. The second kappa shape index (κ2) is 5.32. The fraction of sp³-hybridized carbons (Fsp3) is 0.385. The zero-order chi connectivity index (χ0) is 12.1. The van der Waals surface area contributed by atoms with Crippen LogP contribution in [0.4, 0.5) is 0 Å². The number of ketones is 1. The van der Waals surface area contributed by atoms with Gasteiger partial charge in [-0.3, -0.25) is 4.79 Å². The number of nitriles is 1. The van der Waals surface area contributed by atoms with Crippen molar-refractivity contribution >= 4 is 5.78 Å². The van der Waals surface area contributed by atoms with Crippen LogP contribution in [0.25, 0.3) is 0 Å². The molecule has 0 saturated heterocycles. The van der Waals surface area contributed by atoms with E-state index in [0.717, 1.165) is 16.9 Å². The monoisotopic (exact) mass is 217 g/mol. The van der Waals surface area contributed by atoms with Gasteiger partial charge in [-0.1, -0.05) is 19.1 Å². The van der Waals surface area contributed by atoms with E-state index in [2.05, 4.69) is 0 Å². The molecule has 1 unspecified atom stereocenters. The summed E-state index contributed by atoms with van der Waals surface area (Å²) in [6.07, 6.45) is 0.378. The minimum Gasteiger partial charge on any atom is -0.496 e. The van der Waals surface area contributed by atoms with Crippen LogP contribution in [-0.2, 0) is 4.79 Å². The van der Waals surface area contributed by atoms with E-state index < -0.39 is 5.92 Å². The van der Waals surface area contributed by atoms with Gasteiger partial charge in [0.1, 0.15) is 11.7 Å². The van der Waals surface area contributed by atoms with Gasteiger partial charge in [-0.05, 0) is 24.1 Å². The van der Waals surface area contributed by atoms with Gasteiger partial charge in [-0.25, -0.2) is 0 Å². The van der Waals surface area contributed by atoms with Crippen LogP contribution >= 0.6 is 0 Å². The van der Waals surface area contributed by atoms with Crippen LogP contribution in [0.15, 0.2) is 18.2 Å². The Morgan fingerprint density at radius 1 is 1.56 bits per heavy atom. The van der Waals surface area contributed by atoms with Gasteiger partial charge in [-0.2, -0.15) is 5.26 Å². The van der Waals surface area contributed by atoms with Crippen LogP contribution in [0, 0.1) is 18.3 Å². The lowest BCUT2D eigenvalue weighted by molar-refractivity contribution is -0.119. The minimum atomic E-state index is -0.658. The van der Waals surface area contributed by atoms with Crippen molar-refractivity contribution in [3.05, 3.63) is 29.3 Å². The SMILES string of the molecule is CCC(=O)C(C#N)c1ccc(OC)c(C)c1. The van der Waals surface area contributed by atoms with Crippen LogP contribution in [0.3, 0.4) is 0 Å². The van der Waals surface area contributed by atoms with Gasteiger partial charge in [0.25, 0.3) is 0 Å². The van der Waals surface area contributed by atoms with E-state index in [1.807, 2.05) is 19.1 Å². The number of ether oxygens (including phenoxy) is 1. The quantitative estimate of drug-likeness (QED) is 0.778. The number of nitrogens with zero attached hydrogens (tertiary/aromatic N) is 1. The van der Waals surface area contributed by atoms with Gasteiger partial charge in [0, 0.05) is 6.42 Å². The lowest BCUT2D eigenvalue weighted by atomic mass is 9.93. The van der Waals surface area contributed by atoms with Crippen LogP contribution in [0.5, 0.6) is 5.75 Å². The lowest BCUT2D eigenvalue weighted by Gasteiger charge is -2.10. The summed E-state index contributed by atoms with van der Waals surface area (Å²) >= 11 is 0. The molecule has 16 heavy (non-hydrogen) atoms. The molecule has 84 valence electrons. The second-order valence-corrected chi connectivity index (χ2v) is 3.61. The summed E-state index contributed by atoms with van der Waals surface area (Å²) in [7, 11) is 1.60. The Kier molecular flexibility index (Phi) is 4.07. The van der Waals surface area contributed by atoms with E-state index in [-0.39, 0.29) is 5.78 Å². The molecule has 0 fully saturated rings. The third kappa shape index (κ3) is 2.40. The topological polar surface area (TPSA) is 50.1 Å². The molecule has 1 aromatic rings. The number of Topliss-reactive ketones (excluding diaryl/α,β-unsaturated/α-hetero) is 1. The zero-order valence-electron chi connectivity index (χ0n) is 9.78. The molecule has 0 spiro atoms. The molecule has 3 nitrogen and oxygen atoms in total. The molecule has 0 aliphatic heterocycles. The van der Waals surface area contributed by atoms with E-state index in [1.165, 1.54) is 0 Å². The first-order valence-corrected chi connectivity index (χ1v) is 5.20. The summed E-state index contributed by atoms with van der Waals surface area (Å²) in [5, 5.41) is 9.00. The van der Waals surface area contributed by atoms with Crippen molar-refractivity contribution in [2.75, 3.05) is 7.11 Å². The molecule has 3 heteroatoms. The van der Waals surface area contributed by atoms with E-state index >= 15 is 0 Å². The predicted molar refractivity (Wildman–Crippen MR) is 61.4 cm³/mol. The van der Waals surface area contributed by atoms with E-state index in [9.17, 15) is 4.79 Å². The third-order valence-corrected chi connectivity index (χ3v) is 2.55. The Hall–Kier alpha value is -1.82. The molecule has 0 aliphatic carbocycles. The first-order valence-electron chi connectivity index (χ1n) is 5.20. The Morgan fingerprint density at radius 2 is 2.25 bits per heavy atom. The predicted octanol–water partition coefficient (Wildman–Crippen LogP) is 2.59. The van der Waals surface area contributed by atoms with Crippen molar-refractivity contribution in [1.82, 2.24) is 0 Å². The van der Waals surface area contributed by atoms with Gasteiger partial charge in [0.2, 0.25) is 0 Å². The normalized spacial score (nSPS) is 11.6. The maximum Gasteiger partial charge on any atom is 0.154 e. The van der Waals surface area contributed by atoms with Crippen molar-refractivity contribution in [2.45, 2.75) is 26.2 Å². The Morgan fingerprint density at radius 3 is 2.69 bits per heavy atom. The van der Waals surface area contributed by atoms with Crippen LogP contribution in [0.1, 0.15) is 30.4 Å². The van der Waals surface area contributed by atoms with Gasteiger partial charge in [-0.15, -0.1) is 0 Å². The zero-order valence-corrected chi connectivity index (χ0v) is 9.78. The van der Waals surface area contributed by atoms with Gasteiger partial charge >= 0.3 is 0 Å². The molecule has 0 heterocycles. The highest BCUT2D eigenvalue weighted by atomic mass is 16.5. The number of hydrogen-bond donors (Lipinski definition) is 0. The van der Waals surface area contributed by atoms with Gasteiger partial charge < -0.3 is 4.74 Å². The van der Waals surface area contributed by atoms with E-state index in [0.29, 0.717) is 6.42 Å². The van der Waals surface area contributed by atoms with Crippen molar-refractivity contribution in [1.29, 1.82) is 5.26 Å². The number of benzene rings is 1. The number of aryl methyl sites for hydroxylation is 1. The van der Waals surface area contributed by atoms with Crippen LogP contribution in [-0.4, -0.2) is 12.9 Å². The van der Waals surface area contributed by atoms with Crippen LogP contribution < -0.4 is 4.74 Å². The average molecular weight is 217 g/mol. The minimum absolute atomic E-state index is 0.0490. The Labute approximate surface area is 95.7 Å². The Bertz CT molecular complexity index is 432. The van der Waals surface area contributed by atoms with Crippen molar-refractivity contribution in [2.24, 2.45) is 0 Å². The molecule has 0 aromatic heterocycles. The number of hydrogen-bond acceptors (Lipinski definition) is 3. The second-order valence-electron chi connectivity index (χ2n) is 3.61. The Balaban J connectivity index is 3.09. The van der Waals surface area contributed by atoms with Crippen molar-refractivity contribution in [3.63, 3.8) is 0 Å². The summed E-state index contributed by atoms with van der Waals surface area (Å²) in [6.45, 7) is 3.66. The molecular weight excluding hydrogens is 202 g/mol. The largest absolute Gasteiger partial charge is 0.496 e. The maximum absolute atomic E-state index is 11.6. The standard InChI is InChI=1S/C13H15NO2/c1-4-12(15)11(8-14)10-5-6-13(16-3)9(2)7-10/h5-7,11H,4H2,1-3H3. The number of carbonyl (C=O) groups is 1. The molecule has 0 saturated carbocycles. The summed E-state index contributed by atoms with van der Waals surface area (Å²) in [4.78, 5) is 11.6. The van der Waals surface area contributed by atoms with E-state index in [1.54, 1.807) is 26.2 Å². The first-order chi connectivity index (χ1) is 7.63. The smallest absolute Gasteiger partial charge is 0.154 e. The van der Waals surface area contributed by atoms with Gasteiger partial charge in [0.15, 0.2) is 5.78 Å². The molecule has 1 atom stereocenters. The molecule has 1 aromatic carbocycles. The molecule has 0 N–H and O–H groups in total. The first kappa shape index (κ1) is 12.3. The molecule has 0 radical (unpaired) electrons.